The molecule has 0 spiro atoms. The number of rotatable bonds is 5. The number of nitrogens with zero attached hydrogens (tertiary/aromatic N) is 4. The van der Waals surface area contributed by atoms with Crippen LogP contribution in [0.5, 0.6) is 0 Å². The number of likely N-dealkylation sites (tertiary alicyclic amines) is 1. The van der Waals surface area contributed by atoms with E-state index in [1.165, 1.54) is 26.1 Å². The Morgan fingerprint density at radius 3 is 2.02 bits per heavy atom. The van der Waals surface area contributed by atoms with Crippen LogP contribution in [0, 0.1) is 12.7 Å². The molecule has 0 saturated carbocycles. The molecule has 2 aliphatic rings. The molecule has 0 aromatic heterocycles. The largest absolute Gasteiger partial charge is 0.416 e. The van der Waals surface area contributed by atoms with Crippen LogP contribution in [0.2, 0.25) is 0 Å². The third-order valence-electron chi connectivity index (χ3n) is 8.78. The third kappa shape index (κ3) is 7.43. The molecule has 1 N–H and O–H groups in total. The summed E-state index contributed by atoms with van der Waals surface area (Å²) >= 11 is 0. The maximum Gasteiger partial charge on any atom is 0.416 e. The monoisotopic (exact) mass is 618 g/mol. The molecule has 2 aromatic rings. The number of hydrogen-bond donors (Lipinski definition) is 1. The van der Waals surface area contributed by atoms with Crippen molar-refractivity contribution in [3.05, 3.63) is 70.0 Å². The molecule has 2 saturated heterocycles. The molecule has 1 unspecified atom stereocenters. The molecule has 43 heavy (non-hydrogen) atoms. The molecular formula is C30H37F7N4O2. The van der Waals surface area contributed by atoms with Crippen molar-refractivity contribution in [2.75, 3.05) is 39.8 Å². The maximum absolute atomic E-state index is 14.0. The van der Waals surface area contributed by atoms with E-state index in [1.54, 1.807) is 24.8 Å². The lowest BCUT2D eigenvalue weighted by Crippen LogP contribution is -2.56. The van der Waals surface area contributed by atoms with Crippen molar-refractivity contribution in [3.63, 3.8) is 0 Å². The second kappa shape index (κ2) is 12.6. The number of piperidine rings is 1. The molecule has 0 aliphatic carbocycles. The van der Waals surface area contributed by atoms with Crippen molar-refractivity contribution in [2.24, 2.45) is 0 Å². The van der Waals surface area contributed by atoms with Crippen LogP contribution in [0.25, 0.3) is 0 Å². The lowest BCUT2D eigenvalue weighted by molar-refractivity contribution is -0.143. The highest BCUT2D eigenvalue weighted by Gasteiger charge is 2.40. The van der Waals surface area contributed by atoms with Gasteiger partial charge in [0.2, 0.25) is 0 Å². The summed E-state index contributed by atoms with van der Waals surface area (Å²) < 4.78 is 95.0. The first-order valence-corrected chi connectivity index (χ1v) is 14.2. The molecule has 2 aromatic carbocycles. The van der Waals surface area contributed by atoms with Gasteiger partial charge in [-0.15, -0.1) is 0 Å². The van der Waals surface area contributed by atoms with Crippen molar-refractivity contribution < 1.29 is 40.6 Å². The first-order valence-electron chi connectivity index (χ1n) is 14.2. The zero-order valence-corrected chi connectivity index (χ0v) is 24.5. The van der Waals surface area contributed by atoms with Crippen LogP contribution >= 0.6 is 0 Å². The molecule has 0 bridgehead atoms. The van der Waals surface area contributed by atoms with E-state index in [-0.39, 0.29) is 24.2 Å². The Kier molecular flexibility index (Phi) is 9.68. The molecule has 2 heterocycles. The number of aliphatic hydroxyl groups excluding tert-OH is 1. The number of aliphatic hydroxyl groups is 1. The summed E-state index contributed by atoms with van der Waals surface area (Å²) in [5.41, 5.74) is -1.83. The average Bonchev–Trinajstić information content (AvgIpc) is 2.94. The van der Waals surface area contributed by atoms with Crippen LogP contribution in [0.4, 0.5) is 35.5 Å². The number of aryl methyl sites for hydroxylation is 1. The standard InChI is InChI=1S/C30H37F7N4O2/c1-18-13-24(31)5-6-26(18)27-17-25(40-11-9-39(10-12-40)20(3)42)7-8-41(27)28(43)38(4)19(2)21-14-22(29(32,33)34)16-23(15-21)30(35,36)37/h5-6,13-16,19-20,25,27,42H,7-12,17H2,1-4H3/t19-,20?,25+,27+/m1/s1. The number of benzene rings is 2. The summed E-state index contributed by atoms with van der Waals surface area (Å²) in [4.78, 5) is 20.9. The fraction of sp³-hybridized carbons (Fsp3) is 0.567. The smallest absolute Gasteiger partial charge is 0.379 e. The maximum atomic E-state index is 14.0. The zero-order valence-electron chi connectivity index (χ0n) is 24.5. The van der Waals surface area contributed by atoms with Gasteiger partial charge in [-0.05, 0) is 80.6 Å². The fourth-order valence-corrected chi connectivity index (χ4v) is 6.10. The number of carbonyl (C=O) groups excluding carboxylic acids is 1. The number of carbonyl (C=O) groups is 1. The molecule has 13 heteroatoms. The highest BCUT2D eigenvalue weighted by molar-refractivity contribution is 5.75. The predicted octanol–water partition coefficient (Wildman–Crippen LogP) is 6.45. The van der Waals surface area contributed by atoms with Crippen LogP contribution in [0.1, 0.15) is 66.6 Å². The highest BCUT2D eigenvalue weighted by atomic mass is 19.4. The molecule has 238 valence electrons. The van der Waals surface area contributed by atoms with Crippen LogP contribution in [-0.2, 0) is 12.4 Å². The summed E-state index contributed by atoms with van der Waals surface area (Å²) in [6, 6.07) is 3.57. The minimum absolute atomic E-state index is 0.0667. The first kappa shape index (κ1) is 33.0. The van der Waals surface area contributed by atoms with E-state index in [4.69, 9.17) is 0 Å². The SMILES string of the molecule is Cc1cc(F)ccc1[C@@H]1C[C@@H](N2CCN(C(C)O)CC2)CCN1C(=O)N(C)[C@H](C)c1cc(C(F)(F)F)cc(C(F)(F)F)c1. The number of piperazine rings is 1. The second-order valence-corrected chi connectivity index (χ2v) is 11.5. The quantitative estimate of drug-likeness (QED) is 0.392. The minimum atomic E-state index is -5.01. The number of amides is 2. The van der Waals surface area contributed by atoms with Gasteiger partial charge in [0.15, 0.2) is 0 Å². The van der Waals surface area contributed by atoms with Gasteiger partial charge >= 0.3 is 18.4 Å². The van der Waals surface area contributed by atoms with E-state index in [0.717, 1.165) is 10.5 Å². The molecular weight excluding hydrogens is 581 g/mol. The normalized spacial score (nSPS) is 22.4. The van der Waals surface area contributed by atoms with E-state index >= 15 is 0 Å². The minimum Gasteiger partial charge on any atom is -0.379 e. The molecule has 4 rings (SSSR count). The summed E-state index contributed by atoms with van der Waals surface area (Å²) in [6.45, 7) is 7.91. The van der Waals surface area contributed by atoms with E-state index in [1.807, 2.05) is 4.90 Å². The number of halogens is 7. The predicted molar refractivity (Wildman–Crippen MR) is 146 cm³/mol. The Morgan fingerprint density at radius 1 is 0.930 bits per heavy atom. The number of hydrogen-bond acceptors (Lipinski definition) is 4. The average molecular weight is 619 g/mol. The Bertz CT molecular complexity index is 1260. The summed E-state index contributed by atoms with van der Waals surface area (Å²) in [5.74, 6) is -0.434. The Balaban J connectivity index is 1.62. The molecule has 2 aliphatic heterocycles. The van der Waals surface area contributed by atoms with Gasteiger partial charge in [-0.3, -0.25) is 9.80 Å². The van der Waals surface area contributed by atoms with E-state index in [9.17, 15) is 40.6 Å². The van der Waals surface area contributed by atoms with Crippen molar-refractivity contribution in [3.8, 4) is 0 Å². The Labute approximate surface area is 246 Å². The highest BCUT2D eigenvalue weighted by Crippen LogP contribution is 2.40. The zero-order chi connectivity index (χ0) is 31.9. The molecule has 4 atom stereocenters. The van der Waals surface area contributed by atoms with Crippen molar-refractivity contribution in [2.45, 2.75) is 70.3 Å². The van der Waals surface area contributed by atoms with Crippen molar-refractivity contribution in [1.82, 2.24) is 19.6 Å². The lowest BCUT2D eigenvalue weighted by atomic mass is 9.88. The molecule has 6 nitrogen and oxygen atoms in total. The summed E-state index contributed by atoms with van der Waals surface area (Å²) in [7, 11) is 1.36. The third-order valence-corrected chi connectivity index (χ3v) is 8.78. The van der Waals surface area contributed by atoms with Gasteiger partial charge in [-0.2, -0.15) is 26.3 Å². The van der Waals surface area contributed by atoms with Gasteiger partial charge < -0.3 is 14.9 Å². The van der Waals surface area contributed by atoms with Crippen LogP contribution in [0.15, 0.2) is 36.4 Å². The van der Waals surface area contributed by atoms with Crippen LogP contribution in [0.3, 0.4) is 0 Å². The van der Waals surface area contributed by atoms with Crippen LogP contribution < -0.4 is 0 Å². The Morgan fingerprint density at radius 2 is 1.51 bits per heavy atom. The van der Waals surface area contributed by atoms with Gasteiger partial charge in [0, 0.05) is 45.8 Å². The number of urea groups is 1. The molecule has 0 radical (unpaired) electrons. The molecule has 2 amide bonds. The molecule has 2 fully saturated rings. The van der Waals surface area contributed by atoms with Gasteiger partial charge in [0.05, 0.1) is 23.2 Å². The Hall–Kier alpha value is -2.90. The van der Waals surface area contributed by atoms with Gasteiger partial charge in [-0.1, -0.05) is 6.07 Å². The van der Waals surface area contributed by atoms with Gasteiger partial charge in [-0.25, -0.2) is 9.18 Å². The summed E-state index contributed by atoms with van der Waals surface area (Å²) in [6.07, 6.45) is -9.46. The summed E-state index contributed by atoms with van der Waals surface area (Å²) in [5, 5.41) is 9.92. The van der Waals surface area contributed by atoms with Gasteiger partial charge in [0.25, 0.3) is 0 Å². The van der Waals surface area contributed by atoms with Crippen molar-refractivity contribution >= 4 is 6.03 Å². The topological polar surface area (TPSA) is 50.3 Å². The van der Waals surface area contributed by atoms with E-state index in [0.29, 0.717) is 56.7 Å². The van der Waals surface area contributed by atoms with E-state index in [2.05, 4.69) is 4.90 Å². The number of alkyl halides is 6. The van der Waals surface area contributed by atoms with Crippen LogP contribution in [-0.4, -0.2) is 82.8 Å². The second-order valence-electron chi connectivity index (χ2n) is 11.5. The first-order chi connectivity index (χ1) is 20.0. The van der Waals surface area contributed by atoms with Crippen molar-refractivity contribution in [1.29, 1.82) is 0 Å². The lowest BCUT2D eigenvalue weighted by Gasteiger charge is -2.47. The fourth-order valence-electron chi connectivity index (χ4n) is 6.10. The van der Waals surface area contributed by atoms with E-state index < -0.39 is 53.6 Å². The van der Waals surface area contributed by atoms with Gasteiger partial charge in [0.1, 0.15) is 12.0 Å².